The van der Waals surface area contributed by atoms with Crippen LogP contribution in [0, 0.1) is 0 Å². The second kappa shape index (κ2) is 6.70. The Balaban J connectivity index is 1.89. The van der Waals surface area contributed by atoms with Crippen LogP contribution in [0.1, 0.15) is 5.56 Å². The number of rotatable bonds is 3. The molecule has 0 spiro atoms. The van der Waals surface area contributed by atoms with E-state index in [1.165, 1.54) is 6.08 Å². The van der Waals surface area contributed by atoms with Gasteiger partial charge in [-0.1, -0.05) is 34.6 Å². The zero-order chi connectivity index (χ0) is 14.5. The Bertz CT molecular complexity index is 522. The van der Waals surface area contributed by atoms with E-state index in [1.54, 1.807) is 4.90 Å². The van der Waals surface area contributed by atoms with Crippen LogP contribution in [0.5, 0.6) is 0 Å². The van der Waals surface area contributed by atoms with Gasteiger partial charge >= 0.3 is 0 Å². The quantitative estimate of drug-likeness (QED) is 0.790. The number of carbonyl (C=O) groups excluding carboxylic acids is 2. The third kappa shape index (κ3) is 3.70. The normalized spacial score (nSPS) is 15.1. The molecule has 0 radical (unpaired) electrons. The standard InChI is InChI=1S/C15H17BrN2O2/c1-2-14(19)17-6-8-18(9-7-17)15(20)11-12-4-3-5-13(16)10-12/h2-5,10H,1,6-9,11H2. The molecule has 5 heteroatoms. The van der Waals surface area contributed by atoms with Crippen LogP contribution in [-0.4, -0.2) is 47.8 Å². The lowest BCUT2D eigenvalue weighted by atomic mass is 10.1. The summed E-state index contributed by atoms with van der Waals surface area (Å²) in [5.41, 5.74) is 0.994. The maximum absolute atomic E-state index is 12.2. The van der Waals surface area contributed by atoms with Crippen molar-refractivity contribution in [3.8, 4) is 0 Å². The van der Waals surface area contributed by atoms with Crippen LogP contribution in [0.2, 0.25) is 0 Å². The maximum Gasteiger partial charge on any atom is 0.246 e. The molecule has 0 unspecified atom stereocenters. The Morgan fingerprint density at radius 2 is 1.85 bits per heavy atom. The van der Waals surface area contributed by atoms with E-state index in [9.17, 15) is 9.59 Å². The summed E-state index contributed by atoms with van der Waals surface area (Å²) in [6.45, 7) is 5.81. The molecule has 0 N–H and O–H groups in total. The lowest BCUT2D eigenvalue weighted by Gasteiger charge is -2.34. The van der Waals surface area contributed by atoms with Gasteiger partial charge < -0.3 is 9.80 Å². The van der Waals surface area contributed by atoms with E-state index in [0.29, 0.717) is 32.6 Å². The van der Waals surface area contributed by atoms with Crippen molar-refractivity contribution in [2.24, 2.45) is 0 Å². The second-order valence-electron chi connectivity index (χ2n) is 4.72. The fraction of sp³-hybridized carbons (Fsp3) is 0.333. The minimum absolute atomic E-state index is 0.0657. The smallest absolute Gasteiger partial charge is 0.246 e. The molecule has 1 heterocycles. The monoisotopic (exact) mass is 336 g/mol. The number of benzene rings is 1. The van der Waals surface area contributed by atoms with Gasteiger partial charge in [-0.05, 0) is 23.8 Å². The van der Waals surface area contributed by atoms with Gasteiger partial charge in [0.15, 0.2) is 0 Å². The van der Waals surface area contributed by atoms with Crippen LogP contribution in [0.3, 0.4) is 0 Å². The van der Waals surface area contributed by atoms with Crippen molar-refractivity contribution in [2.45, 2.75) is 6.42 Å². The zero-order valence-corrected chi connectivity index (χ0v) is 12.8. The molecule has 0 aromatic heterocycles. The van der Waals surface area contributed by atoms with Crippen molar-refractivity contribution >= 4 is 27.7 Å². The lowest BCUT2D eigenvalue weighted by molar-refractivity contribution is -0.136. The number of hydrogen-bond acceptors (Lipinski definition) is 2. The first-order valence-corrected chi connectivity index (χ1v) is 7.33. The average molecular weight is 337 g/mol. The molecule has 0 atom stereocenters. The Morgan fingerprint density at radius 1 is 1.20 bits per heavy atom. The molecule has 0 bridgehead atoms. The van der Waals surface area contributed by atoms with E-state index in [0.717, 1.165) is 10.0 Å². The summed E-state index contributed by atoms with van der Waals surface area (Å²) in [5.74, 6) is 0.0397. The van der Waals surface area contributed by atoms with Crippen molar-refractivity contribution in [1.29, 1.82) is 0 Å². The highest BCUT2D eigenvalue weighted by molar-refractivity contribution is 9.10. The van der Waals surface area contributed by atoms with E-state index in [1.807, 2.05) is 29.2 Å². The molecule has 0 aliphatic carbocycles. The number of piperazine rings is 1. The van der Waals surface area contributed by atoms with Crippen LogP contribution in [0.25, 0.3) is 0 Å². The topological polar surface area (TPSA) is 40.6 Å². The molecule has 2 amide bonds. The number of carbonyl (C=O) groups is 2. The Hall–Kier alpha value is -1.62. The number of halogens is 1. The Labute approximate surface area is 127 Å². The predicted octanol–water partition coefficient (Wildman–Crippen LogP) is 1.85. The van der Waals surface area contributed by atoms with Gasteiger partial charge in [-0.3, -0.25) is 9.59 Å². The molecular formula is C15H17BrN2O2. The first-order chi connectivity index (χ1) is 9.60. The fourth-order valence-corrected chi connectivity index (χ4v) is 2.69. The van der Waals surface area contributed by atoms with E-state index in [-0.39, 0.29) is 11.8 Å². The molecule has 2 rings (SSSR count). The van der Waals surface area contributed by atoms with Gasteiger partial charge in [0.25, 0.3) is 0 Å². The molecular weight excluding hydrogens is 320 g/mol. The molecule has 1 aromatic rings. The van der Waals surface area contributed by atoms with E-state index < -0.39 is 0 Å². The molecule has 4 nitrogen and oxygen atoms in total. The first kappa shape index (κ1) is 14.8. The lowest BCUT2D eigenvalue weighted by Crippen LogP contribution is -2.50. The Kier molecular flexibility index (Phi) is 4.95. The molecule has 1 aliphatic heterocycles. The SMILES string of the molecule is C=CC(=O)N1CCN(C(=O)Cc2cccc(Br)c2)CC1. The molecule has 1 aliphatic rings. The van der Waals surface area contributed by atoms with Gasteiger partial charge in [-0.15, -0.1) is 0 Å². The van der Waals surface area contributed by atoms with E-state index >= 15 is 0 Å². The van der Waals surface area contributed by atoms with Gasteiger partial charge in [0.1, 0.15) is 0 Å². The van der Waals surface area contributed by atoms with Crippen molar-refractivity contribution in [2.75, 3.05) is 26.2 Å². The summed E-state index contributed by atoms with van der Waals surface area (Å²) in [6.07, 6.45) is 1.72. The minimum atomic E-state index is -0.0657. The largest absolute Gasteiger partial charge is 0.339 e. The van der Waals surface area contributed by atoms with Gasteiger partial charge in [-0.2, -0.15) is 0 Å². The number of amides is 2. The molecule has 20 heavy (non-hydrogen) atoms. The molecule has 1 saturated heterocycles. The van der Waals surface area contributed by atoms with Crippen molar-refractivity contribution in [1.82, 2.24) is 9.80 Å². The summed E-state index contributed by atoms with van der Waals surface area (Å²) in [5, 5.41) is 0. The summed E-state index contributed by atoms with van der Waals surface area (Å²) in [4.78, 5) is 27.2. The fourth-order valence-electron chi connectivity index (χ4n) is 2.24. The Morgan fingerprint density at radius 3 is 2.45 bits per heavy atom. The molecule has 106 valence electrons. The summed E-state index contributed by atoms with van der Waals surface area (Å²) < 4.78 is 0.976. The van der Waals surface area contributed by atoms with Crippen LogP contribution in [0.15, 0.2) is 41.4 Å². The number of hydrogen-bond donors (Lipinski definition) is 0. The van der Waals surface area contributed by atoms with Crippen LogP contribution >= 0.6 is 15.9 Å². The highest BCUT2D eigenvalue weighted by atomic mass is 79.9. The molecule has 1 fully saturated rings. The van der Waals surface area contributed by atoms with Crippen LogP contribution in [0.4, 0.5) is 0 Å². The average Bonchev–Trinajstić information content (AvgIpc) is 2.46. The van der Waals surface area contributed by atoms with Gasteiger partial charge in [0.2, 0.25) is 11.8 Å². The van der Waals surface area contributed by atoms with Gasteiger partial charge in [0, 0.05) is 30.7 Å². The highest BCUT2D eigenvalue weighted by Gasteiger charge is 2.22. The number of nitrogens with zero attached hydrogens (tertiary/aromatic N) is 2. The summed E-state index contributed by atoms with van der Waals surface area (Å²) in [7, 11) is 0. The first-order valence-electron chi connectivity index (χ1n) is 6.53. The van der Waals surface area contributed by atoms with E-state index in [2.05, 4.69) is 22.5 Å². The van der Waals surface area contributed by atoms with Gasteiger partial charge in [-0.25, -0.2) is 0 Å². The third-order valence-electron chi connectivity index (χ3n) is 3.36. The third-order valence-corrected chi connectivity index (χ3v) is 3.86. The summed E-state index contributed by atoms with van der Waals surface area (Å²) in [6, 6.07) is 7.76. The second-order valence-corrected chi connectivity index (χ2v) is 5.63. The van der Waals surface area contributed by atoms with Crippen LogP contribution in [-0.2, 0) is 16.0 Å². The predicted molar refractivity (Wildman–Crippen MR) is 81.2 cm³/mol. The van der Waals surface area contributed by atoms with Crippen LogP contribution < -0.4 is 0 Å². The zero-order valence-electron chi connectivity index (χ0n) is 11.2. The van der Waals surface area contributed by atoms with Crippen molar-refractivity contribution in [3.63, 3.8) is 0 Å². The van der Waals surface area contributed by atoms with Gasteiger partial charge in [0.05, 0.1) is 6.42 Å². The molecule has 1 aromatic carbocycles. The van der Waals surface area contributed by atoms with E-state index in [4.69, 9.17) is 0 Å². The summed E-state index contributed by atoms with van der Waals surface area (Å²) >= 11 is 3.40. The van der Waals surface area contributed by atoms with Crippen molar-refractivity contribution < 1.29 is 9.59 Å². The molecule has 0 saturated carbocycles. The highest BCUT2D eigenvalue weighted by Crippen LogP contribution is 2.13. The minimum Gasteiger partial charge on any atom is -0.339 e. The maximum atomic E-state index is 12.2. The van der Waals surface area contributed by atoms with Crippen molar-refractivity contribution in [3.05, 3.63) is 47.0 Å².